The van der Waals surface area contributed by atoms with E-state index in [1.54, 1.807) is 0 Å². The summed E-state index contributed by atoms with van der Waals surface area (Å²) in [5, 5.41) is 3.25. The number of carbonyl (C=O) groups is 1. The van der Waals surface area contributed by atoms with Crippen LogP contribution in [0.4, 0.5) is 0 Å². The quantitative estimate of drug-likeness (QED) is 0.762. The second-order valence-electron chi connectivity index (χ2n) is 5.01. The predicted octanol–water partition coefficient (Wildman–Crippen LogP) is 3.13. The van der Waals surface area contributed by atoms with Gasteiger partial charge in [0.2, 0.25) is 0 Å². The van der Waals surface area contributed by atoms with E-state index in [-0.39, 0.29) is 5.78 Å². The summed E-state index contributed by atoms with van der Waals surface area (Å²) in [5.74, 6) is 0.774. The van der Waals surface area contributed by atoms with Crippen LogP contribution in [0, 0.1) is 0 Å². The molecule has 1 aromatic rings. The Labute approximate surface area is 103 Å². The highest BCUT2D eigenvalue weighted by Crippen LogP contribution is 2.20. The summed E-state index contributed by atoms with van der Waals surface area (Å²) in [5.41, 5.74) is 2.14. The first-order valence-corrected chi connectivity index (χ1v) is 6.57. The van der Waals surface area contributed by atoms with Gasteiger partial charge in [0.05, 0.1) is 6.54 Å². The van der Waals surface area contributed by atoms with E-state index in [2.05, 4.69) is 31.3 Å². The standard InChI is InChI=1S/C15H21NO/c1-3-11(2)12-4-6-13(7-5-12)15(17)10-16-14-8-9-14/h4-7,11,14,16H,3,8-10H2,1-2H3. The van der Waals surface area contributed by atoms with Gasteiger partial charge in [-0.15, -0.1) is 0 Å². The lowest BCUT2D eigenvalue weighted by Crippen LogP contribution is -2.24. The third kappa shape index (κ3) is 3.40. The molecular formula is C15H21NO. The molecule has 1 N–H and O–H groups in total. The SMILES string of the molecule is CCC(C)c1ccc(C(=O)CNC2CC2)cc1. The van der Waals surface area contributed by atoms with Gasteiger partial charge in [-0.1, -0.05) is 38.1 Å². The van der Waals surface area contributed by atoms with Gasteiger partial charge in [-0.3, -0.25) is 4.79 Å². The molecule has 2 nitrogen and oxygen atoms in total. The van der Waals surface area contributed by atoms with Gasteiger partial charge in [-0.25, -0.2) is 0 Å². The number of Topliss-reactive ketones (excluding diaryl/α,β-unsaturated/α-hetero) is 1. The van der Waals surface area contributed by atoms with Crippen LogP contribution in [0.3, 0.4) is 0 Å². The first kappa shape index (κ1) is 12.3. The molecule has 0 spiro atoms. The summed E-state index contributed by atoms with van der Waals surface area (Å²) < 4.78 is 0. The Kier molecular flexibility index (Phi) is 3.95. The van der Waals surface area contributed by atoms with Crippen LogP contribution in [0.5, 0.6) is 0 Å². The summed E-state index contributed by atoms with van der Waals surface area (Å²) in [7, 11) is 0. The summed E-state index contributed by atoms with van der Waals surface area (Å²) in [6.07, 6.45) is 3.58. The zero-order chi connectivity index (χ0) is 12.3. The van der Waals surface area contributed by atoms with Gasteiger partial charge in [-0.05, 0) is 30.7 Å². The van der Waals surface area contributed by atoms with Crippen molar-refractivity contribution >= 4 is 5.78 Å². The van der Waals surface area contributed by atoms with Crippen LogP contribution < -0.4 is 5.32 Å². The Morgan fingerprint density at radius 2 is 2.00 bits per heavy atom. The van der Waals surface area contributed by atoms with Gasteiger partial charge >= 0.3 is 0 Å². The number of rotatable bonds is 6. The monoisotopic (exact) mass is 231 g/mol. The molecule has 0 aromatic heterocycles. The molecule has 2 heteroatoms. The highest BCUT2D eigenvalue weighted by Gasteiger charge is 2.21. The van der Waals surface area contributed by atoms with Crippen LogP contribution in [0.2, 0.25) is 0 Å². The van der Waals surface area contributed by atoms with Crippen molar-refractivity contribution in [3.8, 4) is 0 Å². The van der Waals surface area contributed by atoms with Crippen LogP contribution in [-0.2, 0) is 0 Å². The maximum atomic E-state index is 11.9. The van der Waals surface area contributed by atoms with E-state index in [0.29, 0.717) is 18.5 Å². The van der Waals surface area contributed by atoms with Crippen LogP contribution >= 0.6 is 0 Å². The third-order valence-corrected chi connectivity index (χ3v) is 3.54. The molecule has 1 aliphatic carbocycles. The molecule has 1 fully saturated rings. The lowest BCUT2D eigenvalue weighted by molar-refractivity contribution is 0.0990. The summed E-state index contributed by atoms with van der Waals surface area (Å²) in [6, 6.07) is 8.67. The Morgan fingerprint density at radius 1 is 1.35 bits per heavy atom. The maximum Gasteiger partial charge on any atom is 0.176 e. The number of nitrogens with one attached hydrogen (secondary N) is 1. The van der Waals surface area contributed by atoms with Crippen molar-refractivity contribution in [2.45, 2.75) is 45.1 Å². The van der Waals surface area contributed by atoms with Gasteiger partial charge in [0, 0.05) is 11.6 Å². The predicted molar refractivity (Wildman–Crippen MR) is 70.5 cm³/mol. The Balaban J connectivity index is 1.93. The molecule has 1 unspecified atom stereocenters. The molecule has 2 rings (SSSR count). The molecular weight excluding hydrogens is 210 g/mol. The van der Waals surface area contributed by atoms with Gasteiger partial charge < -0.3 is 5.32 Å². The maximum absolute atomic E-state index is 11.9. The van der Waals surface area contributed by atoms with Crippen LogP contribution in [-0.4, -0.2) is 18.4 Å². The van der Waals surface area contributed by atoms with Crippen molar-refractivity contribution in [2.75, 3.05) is 6.54 Å². The molecule has 0 saturated heterocycles. The van der Waals surface area contributed by atoms with Crippen molar-refractivity contribution < 1.29 is 4.79 Å². The van der Waals surface area contributed by atoms with Crippen LogP contribution in [0.15, 0.2) is 24.3 Å². The van der Waals surface area contributed by atoms with Gasteiger partial charge in [-0.2, -0.15) is 0 Å². The van der Waals surface area contributed by atoms with E-state index < -0.39 is 0 Å². The summed E-state index contributed by atoms with van der Waals surface area (Å²) >= 11 is 0. The van der Waals surface area contributed by atoms with E-state index in [4.69, 9.17) is 0 Å². The van der Waals surface area contributed by atoms with Crippen molar-refractivity contribution in [1.29, 1.82) is 0 Å². The summed E-state index contributed by atoms with van der Waals surface area (Å²) in [6.45, 7) is 4.88. The fourth-order valence-electron chi connectivity index (χ4n) is 1.86. The molecule has 1 atom stereocenters. The minimum atomic E-state index is 0.201. The van der Waals surface area contributed by atoms with Gasteiger partial charge in [0.1, 0.15) is 0 Å². The minimum absolute atomic E-state index is 0.201. The lowest BCUT2D eigenvalue weighted by Gasteiger charge is -2.09. The van der Waals surface area contributed by atoms with Gasteiger partial charge in [0.25, 0.3) is 0 Å². The van der Waals surface area contributed by atoms with Crippen LogP contribution in [0.1, 0.15) is 54.9 Å². The molecule has 1 saturated carbocycles. The molecule has 0 amide bonds. The van der Waals surface area contributed by atoms with Crippen molar-refractivity contribution in [2.24, 2.45) is 0 Å². The smallest absolute Gasteiger partial charge is 0.176 e. The average Bonchev–Trinajstić information content (AvgIpc) is 3.19. The van der Waals surface area contributed by atoms with Crippen molar-refractivity contribution in [3.63, 3.8) is 0 Å². The minimum Gasteiger partial charge on any atom is -0.307 e. The molecule has 0 heterocycles. The topological polar surface area (TPSA) is 29.1 Å². The van der Waals surface area contributed by atoms with Gasteiger partial charge in [0.15, 0.2) is 5.78 Å². The summed E-state index contributed by atoms with van der Waals surface area (Å²) in [4.78, 5) is 11.9. The highest BCUT2D eigenvalue weighted by atomic mass is 16.1. The van der Waals surface area contributed by atoms with E-state index in [1.165, 1.54) is 18.4 Å². The first-order valence-electron chi connectivity index (χ1n) is 6.57. The third-order valence-electron chi connectivity index (χ3n) is 3.54. The largest absolute Gasteiger partial charge is 0.307 e. The van der Waals surface area contributed by atoms with Crippen molar-refractivity contribution in [1.82, 2.24) is 5.32 Å². The highest BCUT2D eigenvalue weighted by molar-refractivity contribution is 5.97. The number of benzene rings is 1. The van der Waals surface area contributed by atoms with Crippen LogP contribution in [0.25, 0.3) is 0 Å². The van der Waals surface area contributed by atoms with E-state index >= 15 is 0 Å². The van der Waals surface area contributed by atoms with E-state index in [9.17, 15) is 4.79 Å². The lowest BCUT2D eigenvalue weighted by atomic mass is 9.97. The number of carbonyl (C=O) groups excluding carboxylic acids is 1. The molecule has 17 heavy (non-hydrogen) atoms. The zero-order valence-electron chi connectivity index (χ0n) is 10.7. The second kappa shape index (κ2) is 5.46. The van der Waals surface area contributed by atoms with E-state index in [0.717, 1.165) is 12.0 Å². The normalized spacial score (nSPS) is 16.8. The molecule has 92 valence electrons. The number of ketones is 1. The fraction of sp³-hybridized carbons (Fsp3) is 0.533. The number of hydrogen-bond acceptors (Lipinski definition) is 2. The fourth-order valence-corrected chi connectivity index (χ4v) is 1.86. The Morgan fingerprint density at radius 3 is 2.53 bits per heavy atom. The van der Waals surface area contributed by atoms with Crippen molar-refractivity contribution in [3.05, 3.63) is 35.4 Å². The Hall–Kier alpha value is -1.15. The molecule has 0 aliphatic heterocycles. The molecule has 1 aliphatic rings. The molecule has 1 aromatic carbocycles. The number of hydrogen-bond donors (Lipinski definition) is 1. The zero-order valence-corrected chi connectivity index (χ0v) is 10.7. The van der Waals surface area contributed by atoms with E-state index in [1.807, 2.05) is 12.1 Å². The Bertz CT molecular complexity index is 378. The first-order chi connectivity index (χ1) is 8.20. The molecule has 0 radical (unpaired) electrons. The molecule has 0 bridgehead atoms. The second-order valence-corrected chi connectivity index (χ2v) is 5.01. The average molecular weight is 231 g/mol.